The summed E-state index contributed by atoms with van der Waals surface area (Å²) in [6, 6.07) is 5.17. The van der Waals surface area contributed by atoms with Crippen molar-refractivity contribution in [1.29, 1.82) is 0 Å². The first-order valence-corrected chi connectivity index (χ1v) is 12.8. The number of aryl methyl sites for hydroxylation is 2. The number of carbonyl (C=O) groups is 4. The number of ketones is 2. The summed E-state index contributed by atoms with van der Waals surface area (Å²) in [5, 5.41) is 12.7. The molecular weight excluding hydrogens is 445 g/mol. The van der Waals surface area contributed by atoms with Crippen LogP contribution in [0.3, 0.4) is 0 Å². The third kappa shape index (κ3) is 6.05. The van der Waals surface area contributed by atoms with Crippen LogP contribution in [-0.4, -0.2) is 64.6 Å². The van der Waals surface area contributed by atoms with E-state index in [2.05, 4.69) is 5.32 Å². The zero-order chi connectivity index (χ0) is 25.0. The normalized spacial score (nSPS) is 14.3. The molecular formula is C23H32N3O6P. The first kappa shape index (κ1) is 26.6. The summed E-state index contributed by atoms with van der Waals surface area (Å²) in [4.78, 5) is 50.5. The van der Waals surface area contributed by atoms with Crippen molar-refractivity contribution in [3.63, 3.8) is 0 Å². The molecule has 0 saturated heterocycles. The minimum atomic E-state index is -1.55. The van der Waals surface area contributed by atoms with Gasteiger partial charge in [0.15, 0.2) is 17.7 Å². The number of fused-ring (bicyclic) bond motifs is 1. The van der Waals surface area contributed by atoms with Crippen molar-refractivity contribution >= 4 is 42.5 Å². The highest BCUT2D eigenvalue weighted by Crippen LogP contribution is 2.30. The number of amides is 1. The smallest absolute Gasteiger partial charge is 0.305 e. The van der Waals surface area contributed by atoms with Gasteiger partial charge in [-0.25, -0.2) is 0 Å². The third-order valence-corrected chi connectivity index (χ3v) is 6.06. The van der Waals surface area contributed by atoms with Crippen LogP contribution in [0.1, 0.15) is 36.3 Å². The van der Waals surface area contributed by atoms with Crippen LogP contribution in [0.5, 0.6) is 0 Å². The minimum Gasteiger partial charge on any atom is -0.481 e. The Kier molecular flexibility index (Phi) is 8.89. The van der Waals surface area contributed by atoms with Gasteiger partial charge in [-0.1, -0.05) is 32.0 Å². The van der Waals surface area contributed by atoms with Gasteiger partial charge in [0.1, 0.15) is 5.69 Å². The van der Waals surface area contributed by atoms with Crippen LogP contribution < -0.4 is 11.1 Å². The number of aliphatic carboxylic acids is 1. The van der Waals surface area contributed by atoms with Crippen molar-refractivity contribution in [1.82, 2.24) is 9.88 Å². The van der Waals surface area contributed by atoms with E-state index in [1.165, 1.54) is 0 Å². The van der Waals surface area contributed by atoms with Crippen molar-refractivity contribution < 1.29 is 28.8 Å². The van der Waals surface area contributed by atoms with E-state index >= 15 is 0 Å². The number of carbonyl (C=O) groups excluding carboxylic acids is 3. The Balaban J connectivity index is 2.37. The second kappa shape index (κ2) is 11.0. The summed E-state index contributed by atoms with van der Waals surface area (Å²) >= 11 is 0. The van der Waals surface area contributed by atoms with E-state index in [9.17, 15) is 19.2 Å². The molecule has 3 atom stereocenters. The van der Waals surface area contributed by atoms with Gasteiger partial charge in [0.2, 0.25) is 0 Å². The molecule has 9 nitrogen and oxygen atoms in total. The average Bonchev–Trinajstić information content (AvgIpc) is 2.99. The van der Waals surface area contributed by atoms with Gasteiger partial charge in [-0.3, -0.25) is 19.2 Å². The van der Waals surface area contributed by atoms with Crippen LogP contribution in [0.2, 0.25) is 0 Å². The van der Waals surface area contributed by atoms with Crippen LogP contribution in [0.25, 0.3) is 10.9 Å². The quantitative estimate of drug-likeness (QED) is 0.333. The van der Waals surface area contributed by atoms with E-state index in [4.69, 9.17) is 15.4 Å². The van der Waals surface area contributed by atoms with E-state index in [-0.39, 0.29) is 5.92 Å². The lowest BCUT2D eigenvalue weighted by molar-refractivity contribution is -0.143. The maximum atomic E-state index is 13.4. The highest BCUT2D eigenvalue weighted by molar-refractivity contribution is 7.50. The number of carboxylic acids is 1. The number of nitrogens with two attached hydrogens (primary N) is 1. The Morgan fingerprint density at radius 3 is 2.27 bits per heavy atom. The van der Waals surface area contributed by atoms with Gasteiger partial charge in [-0.2, -0.15) is 0 Å². The van der Waals surface area contributed by atoms with Crippen LogP contribution in [-0.2, 0) is 26.0 Å². The second-order valence-electron chi connectivity index (χ2n) is 8.55. The molecule has 10 heteroatoms. The molecule has 0 aliphatic carbocycles. The van der Waals surface area contributed by atoms with Crippen molar-refractivity contribution in [2.75, 3.05) is 13.3 Å². The largest absolute Gasteiger partial charge is 0.481 e. The zero-order valence-corrected chi connectivity index (χ0v) is 20.7. The SMILES string of the molecule is Cc1c(C(=O)N[C@H](C(=O)C(OP(C)C)C(=O)C(N)CC(=O)O)C(C)C)n(C)c2ccccc12. The number of rotatable bonds is 11. The van der Waals surface area contributed by atoms with Gasteiger partial charge >= 0.3 is 5.97 Å². The molecule has 2 rings (SSSR count). The molecule has 0 aliphatic rings. The summed E-state index contributed by atoms with van der Waals surface area (Å²) in [6.07, 6.45) is -2.17. The molecule has 0 bridgehead atoms. The molecule has 0 radical (unpaired) electrons. The first-order valence-electron chi connectivity index (χ1n) is 10.6. The molecule has 1 heterocycles. The topological polar surface area (TPSA) is 141 Å². The van der Waals surface area contributed by atoms with E-state index in [1.807, 2.05) is 31.2 Å². The van der Waals surface area contributed by atoms with Crippen LogP contribution in [0, 0.1) is 12.8 Å². The van der Waals surface area contributed by atoms with Crippen LogP contribution in [0.15, 0.2) is 24.3 Å². The lowest BCUT2D eigenvalue weighted by Gasteiger charge is -2.27. The highest BCUT2D eigenvalue weighted by Gasteiger charge is 2.39. The molecule has 1 aromatic carbocycles. The molecule has 180 valence electrons. The van der Waals surface area contributed by atoms with Crippen LogP contribution in [0.4, 0.5) is 0 Å². The predicted octanol–water partition coefficient (Wildman–Crippen LogP) is 2.22. The molecule has 4 N–H and O–H groups in total. The highest BCUT2D eigenvalue weighted by atomic mass is 31.1. The lowest BCUT2D eigenvalue weighted by atomic mass is 9.92. The van der Waals surface area contributed by atoms with Gasteiger partial charge in [0, 0.05) is 26.1 Å². The molecule has 1 aromatic heterocycles. The standard InChI is InChI=1S/C23H32N3O6P/c1-12(2)18(21(30)22(32-33(5)6)20(29)15(24)11-17(27)28)25-23(31)19-13(3)14-9-7-8-10-16(14)26(19)4/h7-10,12,15,18,22H,11,24H2,1-6H3,(H,25,31)(H,27,28)/t15?,18-,22?/m0/s1. The molecule has 1 amide bonds. The Hall–Kier alpha value is -2.61. The number of Topliss-reactive ketones (excluding diaryl/α,β-unsaturated/α-hetero) is 2. The van der Waals surface area contributed by atoms with Crippen molar-refractivity contribution in [3.05, 3.63) is 35.5 Å². The fraction of sp³-hybridized carbons (Fsp3) is 0.478. The van der Waals surface area contributed by atoms with Gasteiger partial charge in [-0.15, -0.1) is 0 Å². The lowest BCUT2D eigenvalue weighted by Crippen LogP contribution is -2.54. The Bertz CT molecular complexity index is 1020. The van der Waals surface area contributed by atoms with Crippen molar-refractivity contribution in [3.8, 4) is 0 Å². The summed E-state index contributed by atoms with van der Waals surface area (Å²) in [7, 11) is 0.632. The first-order chi connectivity index (χ1) is 15.4. The summed E-state index contributed by atoms with van der Waals surface area (Å²) < 4.78 is 7.39. The number of para-hydroxylation sites is 1. The summed E-state index contributed by atoms with van der Waals surface area (Å²) in [5.74, 6) is -3.51. The Labute approximate surface area is 194 Å². The molecule has 33 heavy (non-hydrogen) atoms. The van der Waals surface area contributed by atoms with Gasteiger partial charge < -0.3 is 25.2 Å². The van der Waals surface area contributed by atoms with E-state index in [1.54, 1.807) is 38.8 Å². The van der Waals surface area contributed by atoms with Gasteiger partial charge in [0.05, 0.1) is 18.5 Å². The van der Waals surface area contributed by atoms with Gasteiger partial charge in [0.25, 0.3) is 5.91 Å². The maximum Gasteiger partial charge on any atom is 0.305 e. The number of carboxylic acid groups (broad SMARTS) is 1. The number of hydrogen-bond acceptors (Lipinski definition) is 6. The fourth-order valence-electron chi connectivity index (χ4n) is 3.78. The number of nitrogens with zero attached hydrogens (tertiary/aromatic N) is 1. The summed E-state index contributed by atoms with van der Waals surface area (Å²) in [6.45, 7) is 8.76. The molecule has 2 unspecified atom stereocenters. The van der Waals surface area contributed by atoms with Crippen molar-refractivity contribution in [2.45, 2.75) is 45.4 Å². The second-order valence-corrected chi connectivity index (χ2v) is 10.4. The molecule has 2 aromatic rings. The molecule has 0 aliphatic heterocycles. The minimum absolute atomic E-state index is 0.356. The Morgan fingerprint density at radius 1 is 1.15 bits per heavy atom. The molecule has 0 spiro atoms. The number of nitrogens with one attached hydrogen (secondary N) is 1. The van der Waals surface area contributed by atoms with Gasteiger partial charge in [-0.05, 0) is 37.8 Å². The maximum absolute atomic E-state index is 13.4. The van der Waals surface area contributed by atoms with E-state index in [0.29, 0.717) is 5.69 Å². The number of benzene rings is 1. The molecule has 0 fully saturated rings. The monoisotopic (exact) mass is 477 g/mol. The number of aromatic nitrogens is 1. The zero-order valence-electron chi connectivity index (χ0n) is 19.8. The fourth-order valence-corrected chi connectivity index (χ4v) is 4.41. The van der Waals surface area contributed by atoms with E-state index in [0.717, 1.165) is 16.5 Å². The summed E-state index contributed by atoms with van der Waals surface area (Å²) in [5.41, 5.74) is 7.81. The molecule has 0 saturated carbocycles. The average molecular weight is 477 g/mol. The number of hydrogen-bond donors (Lipinski definition) is 3. The Morgan fingerprint density at radius 2 is 1.76 bits per heavy atom. The van der Waals surface area contributed by atoms with E-state index < -0.39 is 56.2 Å². The van der Waals surface area contributed by atoms with Crippen molar-refractivity contribution in [2.24, 2.45) is 18.7 Å². The van der Waals surface area contributed by atoms with Crippen LogP contribution >= 0.6 is 8.15 Å². The third-order valence-electron chi connectivity index (χ3n) is 5.43. The predicted molar refractivity (Wildman–Crippen MR) is 128 cm³/mol.